The quantitative estimate of drug-likeness (QED) is 0.741. The fraction of sp³-hybridized carbons (Fsp3) is 0.429. The highest BCUT2D eigenvalue weighted by Gasteiger charge is 2.08. The van der Waals surface area contributed by atoms with Gasteiger partial charge in [-0.15, -0.1) is 6.42 Å². The molecule has 0 aliphatic heterocycles. The Bertz CT molecular complexity index is 385. The molecule has 0 spiro atoms. The molecule has 1 aromatic carbocycles. The second-order valence-electron chi connectivity index (χ2n) is 4.10. The molecular weight excluding hydrogens is 182 g/mol. The highest BCUT2D eigenvalue weighted by Crippen LogP contribution is 2.21. The number of hydrogen-bond donors (Lipinski definition) is 1. The van der Waals surface area contributed by atoms with Crippen LogP contribution in [0.5, 0.6) is 0 Å². The summed E-state index contributed by atoms with van der Waals surface area (Å²) >= 11 is 0. The fourth-order valence-corrected chi connectivity index (χ4v) is 1.77. The molecule has 1 unspecified atom stereocenters. The van der Waals surface area contributed by atoms with Crippen LogP contribution in [0.1, 0.15) is 35.2 Å². The van der Waals surface area contributed by atoms with Crippen LogP contribution in [0.2, 0.25) is 0 Å². The van der Waals surface area contributed by atoms with Gasteiger partial charge < -0.3 is 0 Å². The van der Waals surface area contributed by atoms with E-state index >= 15 is 0 Å². The van der Waals surface area contributed by atoms with E-state index in [2.05, 4.69) is 51.1 Å². The SMILES string of the molecule is C#CCNC(C)c1cc(C)c(C)cc1C. The normalized spacial score (nSPS) is 12.2. The fourth-order valence-electron chi connectivity index (χ4n) is 1.77. The maximum absolute atomic E-state index is 5.23. The molecule has 0 amide bonds. The van der Waals surface area contributed by atoms with Gasteiger partial charge in [-0.05, 0) is 49.9 Å². The van der Waals surface area contributed by atoms with Crippen LogP contribution in [0.4, 0.5) is 0 Å². The van der Waals surface area contributed by atoms with E-state index in [0.29, 0.717) is 12.6 Å². The Labute approximate surface area is 92.9 Å². The molecule has 80 valence electrons. The van der Waals surface area contributed by atoms with Crippen LogP contribution < -0.4 is 5.32 Å². The first-order chi connectivity index (χ1) is 7.06. The summed E-state index contributed by atoms with van der Waals surface area (Å²) in [4.78, 5) is 0. The Morgan fingerprint density at radius 3 is 2.40 bits per heavy atom. The van der Waals surface area contributed by atoms with E-state index in [0.717, 1.165) is 0 Å². The van der Waals surface area contributed by atoms with Crippen LogP contribution in [0.15, 0.2) is 12.1 Å². The Balaban J connectivity index is 2.94. The van der Waals surface area contributed by atoms with E-state index in [4.69, 9.17) is 6.42 Å². The van der Waals surface area contributed by atoms with E-state index in [1.165, 1.54) is 22.3 Å². The van der Waals surface area contributed by atoms with Crippen molar-refractivity contribution in [2.45, 2.75) is 33.7 Å². The highest BCUT2D eigenvalue weighted by molar-refractivity contribution is 5.38. The Kier molecular flexibility index (Phi) is 3.94. The third-order valence-electron chi connectivity index (χ3n) is 2.86. The lowest BCUT2D eigenvalue weighted by molar-refractivity contribution is 0.619. The Morgan fingerprint density at radius 2 is 1.80 bits per heavy atom. The van der Waals surface area contributed by atoms with Crippen LogP contribution in [-0.2, 0) is 0 Å². The van der Waals surface area contributed by atoms with Gasteiger partial charge in [-0.1, -0.05) is 18.1 Å². The summed E-state index contributed by atoms with van der Waals surface area (Å²) in [6, 6.07) is 4.80. The van der Waals surface area contributed by atoms with Crippen LogP contribution >= 0.6 is 0 Å². The molecule has 0 radical (unpaired) electrons. The predicted molar refractivity (Wildman–Crippen MR) is 65.9 cm³/mol. The lowest BCUT2D eigenvalue weighted by Gasteiger charge is -2.17. The maximum Gasteiger partial charge on any atom is 0.0578 e. The van der Waals surface area contributed by atoms with Crippen LogP contribution in [0.25, 0.3) is 0 Å². The standard InChI is InChI=1S/C14H19N/c1-6-7-15-13(5)14-9-11(3)10(2)8-12(14)4/h1,8-9,13,15H,7H2,2-5H3. The van der Waals surface area contributed by atoms with E-state index in [1.807, 2.05) is 0 Å². The van der Waals surface area contributed by atoms with Crippen molar-refractivity contribution in [2.75, 3.05) is 6.54 Å². The van der Waals surface area contributed by atoms with Gasteiger partial charge in [-0.2, -0.15) is 0 Å². The van der Waals surface area contributed by atoms with Crippen LogP contribution in [0, 0.1) is 33.1 Å². The summed E-state index contributed by atoms with van der Waals surface area (Å²) in [6.07, 6.45) is 5.23. The molecule has 0 aliphatic rings. The molecule has 0 saturated heterocycles. The minimum Gasteiger partial charge on any atom is -0.300 e. The van der Waals surface area contributed by atoms with E-state index < -0.39 is 0 Å². The van der Waals surface area contributed by atoms with Gasteiger partial charge in [0.15, 0.2) is 0 Å². The first kappa shape index (κ1) is 11.8. The van der Waals surface area contributed by atoms with E-state index in [9.17, 15) is 0 Å². The van der Waals surface area contributed by atoms with Crippen molar-refractivity contribution in [2.24, 2.45) is 0 Å². The van der Waals surface area contributed by atoms with Crippen molar-refractivity contribution in [3.05, 3.63) is 34.4 Å². The van der Waals surface area contributed by atoms with Crippen molar-refractivity contribution in [1.82, 2.24) is 5.32 Å². The topological polar surface area (TPSA) is 12.0 Å². The molecule has 1 N–H and O–H groups in total. The maximum atomic E-state index is 5.23. The summed E-state index contributed by atoms with van der Waals surface area (Å²) in [5.41, 5.74) is 5.36. The number of rotatable bonds is 3. The van der Waals surface area contributed by atoms with Gasteiger partial charge in [0.2, 0.25) is 0 Å². The zero-order valence-corrected chi connectivity index (χ0v) is 10.0. The largest absolute Gasteiger partial charge is 0.300 e. The highest BCUT2D eigenvalue weighted by atomic mass is 14.9. The molecule has 0 bridgehead atoms. The molecule has 1 atom stereocenters. The van der Waals surface area contributed by atoms with Crippen molar-refractivity contribution < 1.29 is 0 Å². The number of benzene rings is 1. The van der Waals surface area contributed by atoms with Gasteiger partial charge in [0.05, 0.1) is 6.54 Å². The summed E-state index contributed by atoms with van der Waals surface area (Å²) in [5, 5.41) is 3.30. The third kappa shape index (κ3) is 2.84. The molecule has 1 aromatic rings. The average Bonchev–Trinajstić information content (AvgIpc) is 2.20. The lowest BCUT2D eigenvalue weighted by atomic mass is 9.96. The molecular formula is C14H19N. The summed E-state index contributed by atoms with van der Waals surface area (Å²) < 4.78 is 0. The van der Waals surface area contributed by atoms with Crippen molar-refractivity contribution in [3.8, 4) is 12.3 Å². The van der Waals surface area contributed by atoms with E-state index in [1.54, 1.807) is 0 Å². The van der Waals surface area contributed by atoms with Crippen molar-refractivity contribution in [1.29, 1.82) is 0 Å². The summed E-state index contributed by atoms with van der Waals surface area (Å²) in [7, 11) is 0. The minimum atomic E-state index is 0.320. The Hall–Kier alpha value is -1.26. The minimum absolute atomic E-state index is 0.320. The molecule has 0 aromatic heterocycles. The number of hydrogen-bond acceptors (Lipinski definition) is 1. The number of aryl methyl sites for hydroxylation is 3. The summed E-state index contributed by atoms with van der Waals surface area (Å²) in [5.74, 6) is 2.60. The third-order valence-corrected chi connectivity index (χ3v) is 2.86. The van der Waals surface area contributed by atoms with Gasteiger partial charge in [-0.3, -0.25) is 5.32 Å². The lowest BCUT2D eigenvalue weighted by Crippen LogP contribution is -2.19. The summed E-state index contributed by atoms with van der Waals surface area (Å²) in [6.45, 7) is 9.20. The molecule has 15 heavy (non-hydrogen) atoms. The molecule has 1 heteroatoms. The van der Waals surface area contributed by atoms with Gasteiger partial charge in [-0.25, -0.2) is 0 Å². The van der Waals surface area contributed by atoms with Crippen molar-refractivity contribution in [3.63, 3.8) is 0 Å². The van der Waals surface area contributed by atoms with Gasteiger partial charge in [0.25, 0.3) is 0 Å². The second kappa shape index (κ2) is 5.00. The zero-order valence-electron chi connectivity index (χ0n) is 10.0. The molecule has 0 aliphatic carbocycles. The smallest absolute Gasteiger partial charge is 0.0578 e. The van der Waals surface area contributed by atoms with Gasteiger partial charge in [0, 0.05) is 6.04 Å². The number of terminal acetylenes is 1. The average molecular weight is 201 g/mol. The number of nitrogens with one attached hydrogen (secondary N) is 1. The second-order valence-corrected chi connectivity index (χ2v) is 4.10. The predicted octanol–water partition coefficient (Wildman–Crippen LogP) is 2.90. The van der Waals surface area contributed by atoms with Crippen molar-refractivity contribution >= 4 is 0 Å². The molecule has 1 rings (SSSR count). The molecule has 0 saturated carbocycles. The zero-order chi connectivity index (χ0) is 11.4. The van der Waals surface area contributed by atoms with Crippen LogP contribution in [0.3, 0.4) is 0 Å². The first-order valence-corrected chi connectivity index (χ1v) is 5.31. The monoisotopic (exact) mass is 201 g/mol. The Morgan fingerprint density at radius 1 is 1.20 bits per heavy atom. The van der Waals surface area contributed by atoms with Gasteiger partial charge >= 0.3 is 0 Å². The van der Waals surface area contributed by atoms with Gasteiger partial charge in [0.1, 0.15) is 0 Å². The first-order valence-electron chi connectivity index (χ1n) is 5.31. The molecule has 0 fully saturated rings. The molecule has 1 nitrogen and oxygen atoms in total. The van der Waals surface area contributed by atoms with E-state index in [-0.39, 0.29) is 0 Å². The van der Waals surface area contributed by atoms with Crippen LogP contribution in [-0.4, -0.2) is 6.54 Å². The molecule has 0 heterocycles.